The fraction of sp³-hybridized carbons (Fsp3) is 0.207. The van der Waals surface area contributed by atoms with Crippen LogP contribution in [0, 0.1) is 0 Å². The van der Waals surface area contributed by atoms with Gasteiger partial charge in [-0.1, -0.05) is 11.6 Å². The fourth-order valence-electron chi connectivity index (χ4n) is 6.25. The third-order valence-electron chi connectivity index (χ3n) is 8.09. The number of amides is 1. The molecule has 44 heavy (non-hydrogen) atoms. The van der Waals surface area contributed by atoms with Crippen molar-refractivity contribution in [2.75, 3.05) is 20.7 Å². The van der Waals surface area contributed by atoms with Crippen LogP contribution in [0.25, 0.3) is 10.8 Å². The predicted octanol–water partition coefficient (Wildman–Crippen LogP) is 1.14. The van der Waals surface area contributed by atoms with E-state index >= 15 is 0 Å². The number of hydrogen-bond donors (Lipinski definition) is 6. The minimum absolute atomic E-state index is 0.00362. The molecule has 0 bridgehead atoms. The van der Waals surface area contributed by atoms with Crippen LogP contribution in [0.4, 0.5) is 0 Å². The second-order valence-electron chi connectivity index (χ2n) is 10.3. The first-order valence-electron chi connectivity index (χ1n) is 13.0. The van der Waals surface area contributed by atoms with E-state index in [1.165, 1.54) is 6.07 Å². The Balaban J connectivity index is 1.54. The summed E-state index contributed by atoms with van der Waals surface area (Å²) < 4.78 is 4.90. The number of phenolic OH excluding ortho intramolecular Hbond substituents is 3. The van der Waals surface area contributed by atoms with Crippen LogP contribution in [0.15, 0.2) is 27.8 Å². The molecule has 3 aliphatic carbocycles. The summed E-state index contributed by atoms with van der Waals surface area (Å²) in [5.74, 6) is -7.61. The molecule has 0 saturated carbocycles. The number of aromatic amines is 1. The largest absolute Gasteiger partial charge is 0.507 e. The number of likely N-dealkylation sites (N-methyl/N-ethyl adjacent to an activating group) is 1. The van der Waals surface area contributed by atoms with E-state index in [1.54, 1.807) is 7.05 Å². The van der Waals surface area contributed by atoms with Crippen LogP contribution in [-0.2, 0) is 21.4 Å². The van der Waals surface area contributed by atoms with Crippen LogP contribution in [0.5, 0.6) is 17.2 Å². The monoisotopic (exact) mass is 620 g/mol. The molecule has 2 aromatic carbocycles. The van der Waals surface area contributed by atoms with Crippen LogP contribution >= 0.6 is 11.6 Å². The van der Waals surface area contributed by atoms with Gasteiger partial charge in [0.2, 0.25) is 5.78 Å². The average molecular weight is 621 g/mol. The Morgan fingerprint density at radius 1 is 1.07 bits per heavy atom. The number of pyridine rings is 1. The van der Waals surface area contributed by atoms with Crippen molar-refractivity contribution in [3.63, 3.8) is 0 Å². The molecular formula is C29H21ClN4O10. The standard InChI is InChI=1S/C29H21ClN4O10/c1-31-8-14(36)34-32-7-9-5-11-15(28(43)33-9)25(40)20-10(21(11)30)3-4-29(20)26(41)18-19(27(29)42)24(39)17-16(23(18)38)12(35)6-13(44-2)22(17)37/h5-7,31,38-40H,3-4,8H2,1-2H3,(H,33,43)(H,34,36)/t29-/m0/s1. The summed E-state index contributed by atoms with van der Waals surface area (Å²) in [5, 5.41) is 39.8. The third kappa shape index (κ3) is 3.61. The molecule has 14 nitrogen and oxygen atoms in total. The number of allylic oxidation sites excluding steroid dienone is 2. The quantitative estimate of drug-likeness (QED) is 0.103. The number of ether oxygens (including phenoxy) is 1. The van der Waals surface area contributed by atoms with Gasteiger partial charge in [-0.3, -0.25) is 28.8 Å². The summed E-state index contributed by atoms with van der Waals surface area (Å²) in [4.78, 5) is 81.3. The molecule has 3 aliphatic rings. The van der Waals surface area contributed by atoms with E-state index in [0.29, 0.717) is 0 Å². The first kappa shape index (κ1) is 28.8. The lowest BCUT2D eigenvalue weighted by atomic mass is 9.76. The number of hydrazone groups is 1. The molecule has 1 atom stereocenters. The number of nitrogens with one attached hydrogen (secondary N) is 3. The zero-order chi connectivity index (χ0) is 31.8. The molecule has 0 unspecified atom stereocenters. The van der Waals surface area contributed by atoms with Gasteiger partial charge in [0.15, 0.2) is 23.1 Å². The number of methoxy groups -OCH3 is 1. The fourth-order valence-corrected chi connectivity index (χ4v) is 6.58. The van der Waals surface area contributed by atoms with Crippen molar-refractivity contribution < 1.29 is 44.0 Å². The van der Waals surface area contributed by atoms with Crippen molar-refractivity contribution in [2.24, 2.45) is 5.10 Å². The van der Waals surface area contributed by atoms with Gasteiger partial charge in [0.1, 0.15) is 22.7 Å². The number of phenols is 3. The van der Waals surface area contributed by atoms with Gasteiger partial charge in [0.05, 0.1) is 58.2 Å². The normalized spacial score (nSPS) is 18.7. The van der Waals surface area contributed by atoms with E-state index in [9.17, 15) is 44.1 Å². The van der Waals surface area contributed by atoms with E-state index in [0.717, 1.165) is 19.4 Å². The molecule has 1 amide bonds. The van der Waals surface area contributed by atoms with Gasteiger partial charge < -0.3 is 30.4 Å². The predicted molar refractivity (Wildman–Crippen MR) is 153 cm³/mol. The Labute approximate surface area is 251 Å². The highest BCUT2D eigenvalue weighted by Gasteiger charge is 2.62. The van der Waals surface area contributed by atoms with Crippen LogP contribution in [0.1, 0.15) is 64.7 Å². The summed E-state index contributed by atoms with van der Waals surface area (Å²) >= 11 is 6.72. The summed E-state index contributed by atoms with van der Waals surface area (Å²) in [6.07, 6.45) is 1.64. The summed E-state index contributed by atoms with van der Waals surface area (Å²) in [6.45, 7) is -0.00362. The first-order chi connectivity index (χ1) is 20.9. The van der Waals surface area contributed by atoms with Gasteiger partial charge in [-0.25, -0.2) is 5.43 Å². The van der Waals surface area contributed by atoms with Gasteiger partial charge in [0, 0.05) is 17.0 Å². The Hall–Kier alpha value is -5.34. The Morgan fingerprint density at radius 2 is 1.73 bits per heavy atom. The molecule has 15 heteroatoms. The highest BCUT2D eigenvalue weighted by Crippen LogP contribution is 2.58. The zero-order valence-electron chi connectivity index (χ0n) is 22.9. The lowest BCUT2D eigenvalue weighted by Crippen LogP contribution is -2.36. The van der Waals surface area contributed by atoms with E-state index in [2.05, 4.69) is 20.8 Å². The van der Waals surface area contributed by atoms with Gasteiger partial charge in [0.25, 0.3) is 11.5 Å². The second-order valence-corrected chi connectivity index (χ2v) is 10.7. The van der Waals surface area contributed by atoms with Gasteiger partial charge in [-0.2, -0.15) is 5.10 Å². The molecule has 0 aliphatic heterocycles. The van der Waals surface area contributed by atoms with E-state index in [-0.39, 0.29) is 52.0 Å². The summed E-state index contributed by atoms with van der Waals surface area (Å²) in [7, 11) is 2.69. The Bertz CT molecular complexity index is 2060. The average Bonchev–Trinajstić information content (AvgIpc) is 3.49. The van der Waals surface area contributed by atoms with E-state index < -0.39 is 85.3 Å². The van der Waals surface area contributed by atoms with Gasteiger partial charge in [-0.15, -0.1) is 0 Å². The Morgan fingerprint density at radius 3 is 2.36 bits per heavy atom. The van der Waals surface area contributed by atoms with Crippen molar-refractivity contribution in [3.8, 4) is 17.2 Å². The molecule has 1 spiro atoms. The maximum atomic E-state index is 14.1. The van der Waals surface area contributed by atoms with E-state index in [4.69, 9.17) is 16.3 Å². The molecule has 6 rings (SSSR count). The molecule has 0 radical (unpaired) electrons. The number of fused-ring (bicyclic) bond motifs is 5. The van der Waals surface area contributed by atoms with Crippen molar-refractivity contribution in [2.45, 2.75) is 18.3 Å². The lowest BCUT2D eigenvalue weighted by Gasteiger charge is -2.23. The minimum atomic E-state index is -2.23. The number of halogens is 1. The van der Waals surface area contributed by atoms with Crippen molar-refractivity contribution in [3.05, 3.63) is 72.4 Å². The highest BCUT2D eigenvalue weighted by molar-refractivity contribution is 6.41. The van der Waals surface area contributed by atoms with Crippen molar-refractivity contribution in [1.82, 2.24) is 15.7 Å². The van der Waals surface area contributed by atoms with E-state index in [1.807, 2.05) is 0 Å². The Kier molecular flexibility index (Phi) is 6.44. The van der Waals surface area contributed by atoms with Gasteiger partial charge in [-0.05, 0) is 31.5 Å². The van der Waals surface area contributed by atoms with Crippen LogP contribution in [0.2, 0.25) is 5.02 Å². The number of rotatable bonds is 5. The number of ketones is 4. The van der Waals surface area contributed by atoms with Crippen molar-refractivity contribution in [1.29, 1.82) is 0 Å². The minimum Gasteiger partial charge on any atom is -0.507 e. The smallest absolute Gasteiger partial charge is 0.260 e. The first-order valence-corrected chi connectivity index (χ1v) is 13.4. The molecule has 3 aromatic rings. The van der Waals surface area contributed by atoms with Gasteiger partial charge >= 0.3 is 0 Å². The number of nitrogens with zero attached hydrogens (tertiary/aromatic N) is 1. The molecular weight excluding hydrogens is 600 g/mol. The molecule has 1 heterocycles. The molecule has 6 N–H and O–H groups in total. The van der Waals surface area contributed by atoms with Crippen LogP contribution in [-0.4, -0.2) is 76.3 Å². The number of carbonyl (C=O) groups excluding carboxylic acids is 5. The second kappa shape index (κ2) is 9.86. The molecule has 224 valence electrons. The summed E-state index contributed by atoms with van der Waals surface area (Å²) in [5.41, 5.74) is -3.59. The zero-order valence-corrected chi connectivity index (χ0v) is 23.6. The third-order valence-corrected chi connectivity index (χ3v) is 8.53. The molecule has 1 aromatic heterocycles. The number of benzene rings is 2. The number of carbonyl (C=O) groups is 5. The topological polar surface area (TPSA) is 225 Å². The maximum absolute atomic E-state index is 14.1. The SMILES string of the molecule is CNCC(=O)NN=Cc1cc2c(Cl)c3c(c(O)c2c(=O)[nH]1)[C@@]1(CC3)C(=O)c2c(O)c3c(c(O)c2C1=O)C(=O)C(OC)=CC3=O. The molecule has 0 saturated heterocycles. The maximum Gasteiger partial charge on any atom is 0.260 e. The number of hydrogen-bond acceptors (Lipinski definition) is 12. The number of aromatic nitrogens is 1. The number of aromatic hydroxyl groups is 3. The summed E-state index contributed by atoms with van der Waals surface area (Å²) in [6, 6.07) is 1.38. The number of H-pyrrole nitrogens is 1. The van der Waals surface area contributed by atoms with Crippen LogP contribution < -0.4 is 16.3 Å². The number of Topliss-reactive ketones (excluding diaryl/α,β-unsaturated/α-hetero) is 3. The van der Waals surface area contributed by atoms with Crippen molar-refractivity contribution >= 4 is 57.6 Å². The molecule has 0 fully saturated rings. The highest BCUT2D eigenvalue weighted by atomic mass is 35.5. The lowest BCUT2D eigenvalue weighted by molar-refractivity contribution is -0.120. The van der Waals surface area contributed by atoms with Crippen LogP contribution in [0.3, 0.4) is 0 Å².